The van der Waals surface area contributed by atoms with Gasteiger partial charge in [-0.1, -0.05) is 30.3 Å². The van der Waals surface area contributed by atoms with E-state index in [2.05, 4.69) is 10.4 Å². The standard InChI is InChI=1S/C19H19N3O3/c23-13-16(10-14-6-8-18(24)9-7-14)21-19(25)15-11-20-22(12-15)17-4-2-1-3-5-17/h1-9,11-12,16,23-24H,10,13H2,(H,21,25)/t16-/m0/s1. The summed E-state index contributed by atoms with van der Waals surface area (Å²) in [5.41, 5.74) is 2.20. The van der Waals surface area contributed by atoms with Gasteiger partial charge in [-0.3, -0.25) is 4.79 Å². The van der Waals surface area contributed by atoms with Crippen LogP contribution in [0.1, 0.15) is 15.9 Å². The van der Waals surface area contributed by atoms with E-state index in [1.54, 1.807) is 35.1 Å². The zero-order chi connectivity index (χ0) is 17.6. The summed E-state index contributed by atoms with van der Waals surface area (Å²) in [6.45, 7) is -0.181. The van der Waals surface area contributed by atoms with E-state index >= 15 is 0 Å². The first-order chi connectivity index (χ1) is 12.2. The predicted molar refractivity (Wildman–Crippen MR) is 93.7 cm³/mol. The van der Waals surface area contributed by atoms with Crippen molar-refractivity contribution in [3.8, 4) is 11.4 Å². The Labute approximate surface area is 145 Å². The number of nitrogens with one attached hydrogen (secondary N) is 1. The fourth-order valence-corrected chi connectivity index (χ4v) is 2.51. The Kier molecular flexibility index (Phi) is 5.11. The van der Waals surface area contributed by atoms with Crippen molar-refractivity contribution < 1.29 is 15.0 Å². The van der Waals surface area contributed by atoms with Crippen LogP contribution in [0.5, 0.6) is 5.75 Å². The van der Waals surface area contributed by atoms with Crippen LogP contribution in [0.2, 0.25) is 0 Å². The number of amides is 1. The summed E-state index contributed by atoms with van der Waals surface area (Å²) in [6, 6.07) is 15.8. The van der Waals surface area contributed by atoms with E-state index in [1.807, 2.05) is 30.3 Å². The fourth-order valence-electron chi connectivity index (χ4n) is 2.51. The molecule has 6 heteroatoms. The van der Waals surface area contributed by atoms with Crippen molar-refractivity contribution in [1.29, 1.82) is 0 Å². The highest BCUT2D eigenvalue weighted by atomic mass is 16.3. The molecule has 0 spiro atoms. The number of nitrogens with zero attached hydrogens (tertiary/aromatic N) is 2. The largest absolute Gasteiger partial charge is 0.508 e. The molecule has 1 amide bonds. The first-order valence-corrected chi connectivity index (χ1v) is 7.95. The van der Waals surface area contributed by atoms with Crippen LogP contribution in [-0.2, 0) is 6.42 Å². The van der Waals surface area contributed by atoms with E-state index in [0.717, 1.165) is 11.3 Å². The molecule has 0 saturated carbocycles. The van der Waals surface area contributed by atoms with Crippen molar-refractivity contribution >= 4 is 5.91 Å². The number of carbonyl (C=O) groups excluding carboxylic acids is 1. The monoisotopic (exact) mass is 337 g/mol. The minimum Gasteiger partial charge on any atom is -0.508 e. The Hall–Kier alpha value is -3.12. The number of benzene rings is 2. The molecule has 3 N–H and O–H groups in total. The Morgan fingerprint density at radius 1 is 1.12 bits per heavy atom. The Morgan fingerprint density at radius 2 is 1.84 bits per heavy atom. The van der Waals surface area contributed by atoms with Gasteiger partial charge in [0.1, 0.15) is 5.75 Å². The van der Waals surface area contributed by atoms with Gasteiger partial charge in [-0.15, -0.1) is 0 Å². The molecule has 6 nitrogen and oxygen atoms in total. The molecule has 1 aromatic heterocycles. The van der Waals surface area contributed by atoms with E-state index in [1.165, 1.54) is 6.20 Å². The van der Waals surface area contributed by atoms with Crippen molar-refractivity contribution in [1.82, 2.24) is 15.1 Å². The first kappa shape index (κ1) is 16.7. The van der Waals surface area contributed by atoms with E-state index < -0.39 is 6.04 Å². The van der Waals surface area contributed by atoms with E-state index in [4.69, 9.17) is 0 Å². The van der Waals surface area contributed by atoms with Crippen LogP contribution < -0.4 is 5.32 Å². The molecular formula is C19H19N3O3. The van der Waals surface area contributed by atoms with Crippen molar-refractivity contribution in [2.45, 2.75) is 12.5 Å². The summed E-state index contributed by atoms with van der Waals surface area (Å²) in [5, 5.41) is 25.9. The van der Waals surface area contributed by atoms with Crippen molar-refractivity contribution in [3.63, 3.8) is 0 Å². The first-order valence-electron chi connectivity index (χ1n) is 7.95. The Balaban J connectivity index is 1.66. The molecule has 25 heavy (non-hydrogen) atoms. The highest BCUT2D eigenvalue weighted by Gasteiger charge is 2.15. The predicted octanol–water partition coefficient (Wildman–Crippen LogP) is 1.91. The van der Waals surface area contributed by atoms with Crippen molar-refractivity contribution in [3.05, 3.63) is 78.1 Å². The maximum Gasteiger partial charge on any atom is 0.254 e. The summed E-state index contributed by atoms with van der Waals surface area (Å²) in [7, 11) is 0. The number of para-hydroxylation sites is 1. The maximum atomic E-state index is 12.4. The normalized spacial score (nSPS) is 11.9. The van der Waals surface area contributed by atoms with Crippen LogP contribution in [0.15, 0.2) is 67.0 Å². The second-order valence-electron chi connectivity index (χ2n) is 5.73. The van der Waals surface area contributed by atoms with Gasteiger partial charge in [-0.2, -0.15) is 5.10 Å². The molecule has 0 unspecified atom stereocenters. The molecule has 0 radical (unpaired) electrons. The Bertz CT molecular complexity index is 829. The fraction of sp³-hybridized carbons (Fsp3) is 0.158. The molecular weight excluding hydrogens is 318 g/mol. The minimum atomic E-state index is -0.419. The highest BCUT2D eigenvalue weighted by molar-refractivity contribution is 5.94. The topological polar surface area (TPSA) is 87.4 Å². The van der Waals surface area contributed by atoms with Crippen LogP contribution in [-0.4, -0.2) is 38.5 Å². The van der Waals surface area contributed by atoms with Gasteiger partial charge < -0.3 is 15.5 Å². The quantitative estimate of drug-likeness (QED) is 0.641. The van der Waals surface area contributed by atoms with Gasteiger partial charge in [-0.05, 0) is 36.2 Å². The van der Waals surface area contributed by atoms with Crippen molar-refractivity contribution in [2.75, 3.05) is 6.61 Å². The van der Waals surface area contributed by atoms with Gasteiger partial charge in [0, 0.05) is 6.20 Å². The van der Waals surface area contributed by atoms with Gasteiger partial charge in [0.05, 0.1) is 30.1 Å². The molecule has 1 atom stereocenters. The van der Waals surface area contributed by atoms with Crippen LogP contribution in [0.4, 0.5) is 0 Å². The molecule has 128 valence electrons. The maximum absolute atomic E-state index is 12.4. The number of aromatic nitrogens is 2. The number of phenolic OH excluding ortho intramolecular Hbond substituents is 1. The molecule has 3 aromatic rings. The highest BCUT2D eigenvalue weighted by Crippen LogP contribution is 2.12. The van der Waals surface area contributed by atoms with Gasteiger partial charge >= 0.3 is 0 Å². The lowest BCUT2D eigenvalue weighted by atomic mass is 10.1. The van der Waals surface area contributed by atoms with E-state index in [-0.39, 0.29) is 18.3 Å². The number of aliphatic hydroxyl groups excluding tert-OH is 1. The number of rotatable bonds is 6. The number of carbonyl (C=O) groups is 1. The molecule has 0 bridgehead atoms. The molecule has 2 aromatic carbocycles. The third kappa shape index (κ3) is 4.24. The Morgan fingerprint density at radius 3 is 2.52 bits per heavy atom. The van der Waals surface area contributed by atoms with E-state index in [0.29, 0.717) is 12.0 Å². The third-order valence-corrected chi connectivity index (χ3v) is 3.84. The molecule has 0 aliphatic carbocycles. The average molecular weight is 337 g/mol. The van der Waals surface area contributed by atoms with E-state index in [9.17, 15) is 15.0 Å². The smallest absolute Gasteiger partial charge is 0.254 e. The summed E-state index contributed by atoms with van der Waals surface area (Å²) < 4.78 is 1.63. The molecule has 3 rings (SSSR count). The summed E-state index contributed by atoms with van der Waals surface area (Å²) >= 11 is 0. The molecule has 1 heterocycles. The van der Waals surface area contributed by atoms with Gasteiger partial charge in [-0.25, -0.2) is 4.68 Å². The minimum absolute atomic E-state index is 0.181. The van der Waals surface area contributed by atoms with Crippen LogP contribution in [0, 0.1) is 0 Å². The van der Waals surface area contributed by atoms with Crippen LogP contribution >= 0.6 is 0 Å². The van der Waals surface area contributed by atoms with Gasteiger partial charge in [0.15, 0.2) is 0 Å². The number of hydrogen-bond donors (Lipinski definition) is 3. The lowest BCUT2D eigenvalue weighted by Crippen LogP contribution is -2.39. The summed E-state index contributed by atoms with van der Waals surface area (Å²) in [6.07, 6.45) is 3.62. The number of phenols is 1. The van der Waals surface area contributed by atoms with Gasteiger partial charge in [0.25, 0.3) is 5.91 Å². The second-order valence-corrected chi connectivity index (χ2v) is 5.73. The second kappa shape index (κ2) is 7.63. The van der Waals surface area contributed by atoms with Crippen molar-refractivity contribution in [2.24, 2.45) is 0 Å². The lowest BCUT2D eigenvalue weighted by molar-refractivity contribution is 0.0916. The number of aromatic hydroxyl groups is 1. The van der Waals surface area contributed by atoms with Gasteiger partial charge in [0.2, 0.25) is 0 Å². The lowest BCUT2D eigenvalue weighted by Gasteiger charge is -2.16. The van der Waals surface area contributed by atoms with Crippen LogP contribution in [0.3, 0.4) is 0 Å². The SMILES string of the molecule is O=C(N[C@H](CO)Cc1ccc(O)cc1)c1cnn(-c2ccccc2)c1. The zero-order valence-electron chi connectivity index (χ0n) is 13.5. The molecule has 0 aliphatic heterocycles. The number of hydrogen-bond acceptors (Lipinski definition) is 4. The zero-order valence-corrected chi connectivity index (χ0v) is 13.5. The summed E-state index contributed by atoms with van der Waals surface area (Å²) in [4.78, 5) is 12.4. The third-order valence-electron chi connectivity index (χ3n) is 3.84. The molecule has 0 saturated heterocycles. The average Bonchev–Trinajstić information content (AvgIpc) is 3.14. The summed E-state index contributed by atoms with van der Waals surface area (Å²) in [5.74, 6) is -0.110. The molecule has 0 aliphatic rings. The molecule has 0 fully saturated rings. The number of aliphatic hydroxyl groups is 1. The van der Waals surface area contributed by atoms with Crippen LogP contribution in [0.25, 0.3) is 5.69 Å².